The van der Waals surface area contributed by atoms with E-state index in [1.165, 1.54) is 4.90 Å². The van der Waals surface area contributed by atoms with E-state index in [-0.39, 0.29) is 5.75 Å². The third-order valence-electron chi connectivity index (χ3n) is 3.79. The van der Waals surface area contributed by atoms with E-state index >= 15 is 0 Å². The van der Waals surface area contributed by atoms with Gasteiger partial charge in [-0.25, -0.2) is 8.42 Å². The molecule has 0 radical (unpaired) electrons. The maximum absolute atomic E-state index is 13.0. The number of amides is 1. The largest absolute Gasteiger partial charge is 0.361 e. The first-order valence-electron chi connectivity index (χ1n) is 7.86. The summed E-state index contributed by atoms with van der Waals surface area (Å²) in [5.41, 5.74) is 0.774. The summed E-state index contributed by atoms with van der Waals surface area (Å²) in [6.07, 6.45) is 0. The average Bonchev–Trinajstić information content (AvgIpc) is 2.93. The molecule has 0 saturated heterocycles. The summed E-state index contributed by atoms with van der Waals surface area (Å²) < 4.78 is 30.9. The third-order valence-corrected chi connectivity index (χ3v) is 5.68. The van der Waals surface area contributed by atoms with Gasteiger partial charge >= 0.3 is 0 Å². The zero-order valence-corrected chi connectivity index (χ0v) is 14.9. The van der Waals surface area contributed by atoms with Crippen LogP contribution in [0.5, 0.6) is 0 Å². The van der Waals surface area contributed by atoms with Crippen molar-refractivity contribution in [1.29, 1.82) is 0 Å². The summed E-state index contributed by atoms with van der Waals surface area (Å²) in [7, 11) is -3.79. The SMILES string of the molecule is CCN(CC)C(=O)C(c1ccccc1)S(=O)(=O)Cc1cc(C)on1. The molecule has 1 atom stereocenters. The van der Waals surface area contributed by atoms with E-state index in [0.717, 1.165) is 0 Å². The molecule has 6 nitrogen and oxygen atoms in total. The summed E-state index contributed by atoms with van der Waals surface area (Å²) in [5.74, 6) is -0.213. The van der Waals surface area contributed by atoms with Crippen molar-refractivity contribution in [3.8, 4) is 0 Å². The molecule has 2 rings (SSSR count). The fourth-order valence-corrected chi connectivity index (χ4v) is 4.35. The maximum Gasteiger partial charge on any atom is 0.245 e. The lowest BCUT2D eigenvalue weighted by atomic mass is 10.1. The van der Waals surface area contributed by atoms with Gasteiger partial charge in [0.1, 0.15) is 5.76 Å². The van der Waals surface area contributed by atoms with Gasteiger partial charge in [-0.15, -0.1) is 0 Å². The number of hydrogen-bond donors (Lipinski definition) is 0. The number of sulfone groups is 1. The number of benzene rings is 1. The van der Waals surface area contributed by atoms with Crippen molar-refractivity contribution in [2.24, 2.45) is 0 Å². The van der Waals surface area contributed by atoms with Gasteiger partial charge in [0.25, 0.3) is 0 Å². The Balaban J connectivity index is 2.43. The fourth-order valence-electron chi connectivity index (χ4n) is 2.61. The highest BCUT2D eigenvalue weighted by atomic mass is 32.2. The molecule has 0 saturated carbocycles. The van der Waals surface area contributed by atoms with Crippen molar-refractivity contribution in [2.75, 3.05) is 13.1 Å². The van der Waals surface area contributed by atoms with Crippen LogP contribution in [0.4, 0.5) is 0 Å². The van der Waals surface area contributed by atoms with Crippen molar-refractivity contribution >= 4 is 15.7 Å². The second kappa shape index (κ2) is 7.61. The number of likely N-dealkylation sites (N-methyl/N-ethyl adjacent to an activating group) is 1. The molecule has 0 fully saturated rings. The van der Waals surface area contributed by atoms with E-state index in [1.54, 1.807) is 43.3 Å². The smallest absolute Gasteiger partial charge is 0.245 e. The van der Waals surface area contributed by atoms with E-state index < -0.39 is 21.0 Å². The molecule has 24 heavy (non-hydrogen) atoms. The minimum Gasteiger partial charge on any atom is -0.361 e. The summed E-state index contributed by atoms with van der Waals surface area (Å²) >= 11 is 0. The average molecular weight is 350 g/mol. The highest BCUT2D eigenvalue weighted by Crippen LogP contribution is 2.28. The van der Waals surface area contributed by atoms with Crippen molar-refractivity contribution in [2.45, 2.75) is 31.8 Å². The minimum atomic E-state index is -3.79. The molecule has 0 spiro atoms. The molecule has 130 valence electrons. The Labute approximate surface area is 142 Å². The highest BCUT2D eigenvalue weighted by Gasteiger charge is 2.37. The van der Waals surface area contributed by atoms with Crippen LogP contribution >= 0.6 is 0 Å². The molecule has 1 amide bonds. The van der Waals surface area contributed by atoms with Gasteiger partial charge in [-0.1, -0.05) is 35.5 Å². The lowest BCUT2D eigenvalue weighted by molar-refractivity contribution is -0.130. The van der Waals surface area contributed by atoms with Crippen LogP contribution in [0.2, 0.25) is 0 Å². The predicted octanol–water partition coefficient (Wildman–Crippen LogP) is 2.51. The second-order valence-electron chi connectivity index (χ2n) is 5.54. The number of rotatable bonds is 7. The van der Waals surface area contributed by atoms with Gasteiger partial charge in [0.15, 0.2) is 15.1 Å². The molecule has 0 aliphatic rings. The molecule has 1 aromatic carbocycles. The van der Waals surface area contributed by atoms with E-state index in [2.05, 4.69) is 5.16 Å². The first kappa shape index (κ1) is 18.2. The van der Waals surface area contributed by atoms with Crippen LogP contribution in [-0.4, -0.2) is 37.5 Å². The first-order valence-corrected chi connectivity index (χ1v) is 9.58. The Kier molecular flexibility index (Phi) is 5.77. The molecule has 2 aromatic rings. The van der Waals surface area contributed by atoms with Gasteiger partial charge < -0.3 is 9.42 Å². The highest BCUT2D eigenvalue weighted by molar-refractivity contribution is 7.91. The van der Waals surface area contributed by atoms with Crippen LogP contribution in [0.25, 0.3) is 0 Å². The monoisotopic (exact) mass is 350 g/mol. The maximum atomic E-state index is 13.0. The van der Waals surface area contributed by atoms with E-state index in [9.17, 15) is 13.2 Å². The van der Waals surface area contributed by atoms with Gasteiger partial charge in [0.05, 0.1) is 11.4 Å². The van der Waals surface area contributed by atoms with Gasteiger partial charge in [0.2, 0.25) is 5.91 Å². The standard InChI is InChI=1S/C17H22N2O4S/c1-4-19(5-2)17(20)16(14-9-7-6-8-10-14)24(21,22)12-15-11-13(3)23-18-15/h6-11,16H,4-5,12H2,1-3H3. The second-order valence-corrected chi connectivity index (χ2v) is 7.62. The zero-order chi connectivity index (χ0) is 17.7. The number of carbonyl (C=O) groups excluding carboxylic acids is 1. The molecule has 1 heterocycles. The number of carbonyl (C=O) groups is 1. The summed E-state index contributed by atoms with van der Waals surface area (Å²) in [6, 6.07) is 10.1. The van der Waals surface area contributed by atoms with Crippen LogP contribution in [0.3, 0.4) is 0 Å². The first-order chi connectivity index (χ1) is 11.4. The quantitative estimate of drug-likeness (QED) is 0.766. The Morgan fingerprint density at radius 2 is 1.83 bits per heavy atom. The van der Waals surface area contributed by atoms with E-state index in [0.29, 0.717) is 30.1 Å². The van der Waals surface area contributed by atoms with Crippen molar-refractivity contribution < 1.29 is 17.7 Å². The Morgan fingerprint density at radius 3 is 2.33 bits per heavy atom. The topological polar surface area (TPSA) is 80.5 Å². The van der Waals surface area contributed by atoms with Gasteiger partial charge in [0, 0.05) is 19.2 Å². The number of nitrogens with zero attached hydrogens (tertiary/aromatic N) is 2. The fraction of sp³-hybridized carbons (Fsp3) is 0.412. The molecule has 0 aliphatic heterocycles. The Hall–Kier alpha value is -2.15. The predicted molar refractivity (Wildman–Crippen MR) is 91.0 cm³/mol. The summed E-state index contributed by atoms with van der Waals surface area (Å²) in [4.78, 5) is 14.4. The normalized spacial score (nSPS) is 12.8. The number of aryl methyl sites for hydroxylation is 1. The van der Waals surface area contributed by atoms with Gasteiger partial charge in [-0.05, 0) is 26.3 Å². The van der Waals surface area contributed by atoms with Crippen LogP contribution in [0, 0.1) is 6.92 Å². The molecule has 0 aliphatic carbocycles. The van der Waals surface area contributed by atoms with Crippen molar-refractivity contribution in [1.82, 2.24) is 10.1 Å². The van der Waals surface area contributed by atoms with E-state index in [4.69, 9.17) is 4.52 Å². The van der Waals surface area contributed by atoms with Crippen molar-refractivity contribution in [3.05, 3.63) is 53.4 Å². The summed E-state index contributed by atoms with van der Waals surface area (Å²) in [6.45, 7) is 6.27. The van der Waals surface area contributed by atoms with Gasteiger partial charge in [-0.2, -0.15) is 0 Å². The molecule has 7 heteroatoms. The molecule has 1 aromatic heterocycles. The van der Waals surface area contributed by atoms with Crippen LogP contribution in [0.15, 0.2) is 40.9 Å². The molecular formula is C17H22N2O4S. The van der Waals surface area contributed by atoms with Crippen molar-refractivity contribution in [3.63, 3.8) is 0 Å². The lowest BCUT2D eigenvalue weighted by Crippen LogP contribution is -2.38. The van der Waals surface area contributed by atoms with E-state index in [1.807, 2.05) is 13.8 Å². The van der Waals surface area contributed by atoms with Crippen LogP contribution in [-0.2, 0) is 20.4 Å². The van der Waals surface area contributed by atoms with Crippen LogP contribution in [0.1, 0.15) is 36.1 Å². The minimum absolute atomic E-state index is 0.306. The summed E-state index contributed by atoms with van der Waals surface area (Å²) in [5, 5.41) is 2.50. The molecule has 0 bridgehead atoms. The Bertz CT molecular complexity index is 780. The molecule has 1 unspecified atom stereocenters. The molecule has 0 N–H and O–H groups in total. The van der Waals surface area contributed by atoms with Crippen LogP contribution < -0.4 is 0 Å². The Morgan fingerprint density at radius 1 is 1.21 bits per heavy atom. The number of aromatic nitrogens is 1. The number of hydrogen-bond acceptors (Lipinski definition) is 5. The van der Waals surface area contributed by atoms with Gasteiger partial charge in [-0.3, -0.25) is 4.79 Å². The third kappa shape index (κ3) is 4.03. The molecular weight excluding hydrogens is 328 g/mol. The zero-order valence-electron chi connectivity index (χ0n) is 14.1. The lowest BCUT2D eigenvalue weighted by Gasteiger charge is -2.25.